The highest BCUT2D eigenvalue weighted by molar-refractivity contribution is 7.80. The lowest BCUT2D eigenvalue weighted by Crippen LogP contribution is -2.38. The molecule has 112 valence electrons. The molecule has 1 aromatic rings. The molecule has 1 aromatic carbocycles. The molecule has 0 aliphatic heterocycles. The Bertz CT molecular complexity index is 415. The molecule has 0 radical (unpaired) electrons. The van der Waals surface area contributed by atoms with E-state index < -0.39 is 0 Å². The fourth-order valence-corrected chi connectivity index (χ4v) is 3.80. The van der Waals surface area contributed by atoms with Crippen molar-refractivity contribution in [2.45, 2.75) is 38.6 Å². The highest BCUT2D eigenvalue weighted by atomic mass is 32.1. The van der Waals surface area contributed by atoms with Crippen molar-refractivity contribution in [3.05, 3.63) is 29.8 Å². The Hall–Kier alpha value is -0.670. The molecule has 1 saturated carbocycles. The molecule has 0 aromatic heterocycles. The van der Waals surface area contributed by atoms with Crippen LogP contribution in [0, 0.1) is 5.41 Å². The van der Waals surface area contributed by atoms with Gasteiger partial charge >= 0.3 is 0 Å². The summed E-state index contributed by atoms with van der Waals surface area (Å²) >= 11 is 4.63. The Morgan fingerprint density at radius 3 is 2.65 bits per heavy atom. The first-order chi connectivity index (χ1) is 9.67. The summed E-state index contributed by atoms with van der Waals surface area (Å²) in [5, 5.41) is 0. The van der Waals surface area contributed by atoms with Crippen LogP contribution in [0.3, 0.4) is 0 Å². The fraction of sp³-hybridized carbons (Fsp3) is 0.647. The van der Waals surface area contributed by atoms with Crippen molar-refractivity contribution in [3.8, 4) is 5.75 Å². The van der Waals surface area contributed by atoms with E-state index >= 15 is 0 Å². The molecule has 0 amide bonds. The van der Waals surface area contributed by atoms with E-state index in [1.165, 1.54) is 37.7 Å². The van der Waals surface area contributed by atoms with Gasteiger partial charge in [0, 0.05) is 13.1 Å². The number of ether oxygens (including phenoxy) is 1. The number of hydrogen-bond donors (Lipinski definition) is 1. The predicted molar refractivity (Wildman–Crippen MR) is 88.7 cm³/mol. The van der Waals surface area contributed by atoms with Crippen molar-refractivity contribution in [1.82, 2.24) is 4.90 Å². The van der Waals surface area contributed by atoms with Crippen LogP contribution in [0.15, 0.2) is 24.3 Å². The molecule has 0 unspecified atom stereocenters. The first-order valence-corrected chi connectivity index (χ1v) is 8.23. The predicted octanol–water partition coefficient (Wildman–Crippen LogP) is 4.01. The van der Waals surface area contributed by atoms with Gasteiger partial charge in [-0.1, -0.05) is 31.4 Å². The largest absolute Gasteiger partial charge is 0.497 e. The molecule has 2 nitrogen and oxygen atoms in total. The van der Waals surface area contributed by atoms with E-state index in [4.69, 9.17) is 4.74 Å². The van der Waals surface area contributed by atoms with Gasteiger partial charge in [0.2, 0.25) is 0 Å². The van der Waals surface area contributed by atoms with Crippen LogP contribution in [0.5, 0.6) is 5.75 Å². The maximum atomic E-state index is 5.30. The zero-order chi connectivity index (χ0) is 14.4. The molecular formula is C17H27NOS. The Balaban J connectivity index is 1.95. The Morgan fingerprint density at radius 1 is 1.25 bits per heavy atom. The molecule has 0 bridgehead atoms. The Morgan fingerprint density at radius 2 is 2.00 bits per heavy atom. The summed E-state index contributed by atoms with van der Waals surface area (Å²) < 4.78 is 5.30. The summed E-state index contributed by atoms with van der Waals surface area (Å²) in [4.78, 5) is 2.44. The van der Waals surface area contributed by atoms with E-state index in [1.54, 1.807) is 7.11 Å². The Kier molecular flexibility index (Phi) is 5.79. The second kappa shape index (κ2) is 7.37. The van der Waals surface area contributed by atoms with Gasteiger partial charge in [-0.15, -0.1) is 0 Å². The van der Waals surface area contributed by atoms with E-state index in [0.29, 0.717) is 5.41 Å². The quantitative estimate of drug-likeness (QED) is 0.796. The number of thiol groups is 1. The van der Waals surface area contributed by atoms with Crippen molar-refractivity contribution in [1.29, 1.82) is 0 Å². The molecule has 1 aliphatic rings. The van der Waals surface area contributed by atoms with Gasteiger partial charge in [0.15, 0.2) is 0 Å². The third-order valence-corrected chi connectivity index (χ3v) is 5.11. The number of nitrogens with zero attached hydrogens (tertiary/aromatic N) is 1. The van der Waals surface area contributed by atoms with E-state index in [0.717, 1.165) is 24.6 Å². The number of rotatable bonds is 6. The van der Waals surface area contributed by atoms with Gasteiger partial charge in [0.05, 0.1) is 7.11 Å². The van der Waals surface area contributed by atoms with Gasteiger partial charge in [-0.05, 0) is 48.8 Å². The Labute approximate surface area is 128 Å². The topological polar surface area (TPSA) is 12.5 Å². The molecule has 2 rings (SSSR count). The third kappa shape index (κ3) is 4.16. The van der Waals surface area contributed by atoms with Crippen molar-refractivity contribution in [2.75, 3.05) is 26.5 Å². The summed E-state index contributed by atoms with van der Waals surface area (Å²) in [6, 6.07) is 8.37. The van der Waals surface area contributed by atoms with Crippen molar-refractivity contribution in [2.24, 2.45) is 5.41 Å². The van der Waals surface area contributed by atoms with Gasteiger partial charge in [-0.3, -0.25) is 0 Å². The zero-order valence-electron chi connectivity index (χ0n) is 12.8. The van der Waals surface area contributed by atoms with Gasteiger partial charge < -0.3 is 9.64 Å². The van der Waals surface area contributed by atoms with Gasteiger partial charge in [0.25, 0.3) is 0 Å². The minimum atomic E-state index is 0.426. The molecular weight excluding hydrogens is 266 g/mol. The summed E-state index contributed by atoms with van der Waals surface area (Å²) in [5.41, 5.74) is 1.74. The first kappa shape index (κ1) is 15.7. The maximum Gasteiger partial charge on any atom is 0.119 e. The molecule has 0 saturated heterocycles. The van der Waals surface area contributed by atoms with Crippen LogP contribution in [-0.2, 0) is 6.54 Å². The molecule has 0 N–H and O–H groups in total. The third-order valence-electron chi connectivity index (χ3n) is 4.44. The van der Waals surface area contributed by atoms with Gasteiger partial charge in [0.1, 0.15) is 5.75 Å². The number of hydrogen-bond acceptors (Lipinski definition) is 3. The summed E-state index contributed by atoms with van der Waals surface area (Å²) in [6.07, 6.45) is 6.80. The van der Waals surface area contributed by atoms with Gasteiger partial charge in [-0.2, -0.15) is 12.6 Å². The molecule has 0 atom stereocenters. The monoisotopic (exact) mass is 293 g/mol. The molecule has 0 heterocycles. The van der Waals surface area contributed by atoms with Crippen LogP contribution >= 0.6 is 12.6 Å². The average molecular weight is 293 g/mol. The molecule has 1 aliphatic carbocycles. The molecule has 20 heavy (non-hydrogen) atoms. The summed E-state index contributed by atoms with van der Waals surface area (Å²) in [5.74, 6) is 1.95. The number of methoxy groups -OCH3 is 1. The standard InChI is InChI=1S/C17H27NOS/c1-18(12-15-7-6-8-16(11-15)19-2)13-17(14-20)9-4-3-5-10-17/h6-8,11,20H,3-5,9-10,12-14H2,1-2H3. The summed E-state index contributed by atoms with van der Waals surface area (Å²) in [7, 11) is 3.94. The lowest BCUT2D eigenvalue weighted by molar-refractivity contribution is 0.140. The normalized spacial score (nSPS) is 18.2. The van der Waals surface area contributed by atoms with Crippen LogP contribution in [0.25, 0.3) is 0 Å². The minimum absolute atomic E-state index is 0.426. The lowest BCUT2D eigenvalue weighted by Gasteiger charge is -2.39. The first-order valence-electron chi connectivity index (χ1n) is 7.60. The van der Waals surface area contributed by atoms with Crippen LogP contribution in [0.4, 0.5) is 0 Å². The highest BCUT2D eigenvalue weighted by Gasteiger charge is 2.31. The van der Waals surface area contributed by atoms with Crippen molar-refractivity contribution in [3.63, 3.8) is 0 Å². The van der Waals surface area contributed by atoms with Gasteiger partial charge in [-0.25, -0.2) is 0 Å². The average Bonchev–Trinajstić information content (AvgIpc) is 2.48. The maximum absolute atomic E-state index is 5.30. The second-order valence-electron chi connectivity index (χ2n) is 6.24. The van der Waals surface area contributed by atoms with E-state index in [-0.39, 0.29) is 0 Å². The smallest absolute Gasteiger partial charge is 0.119 e. The van der Waals surface area contributed by atoms with Crippen molar-refractivity contribution >= 4 is 12.6 Å². The SMILES string of the molecule is COc1cccc(CN(C)CC2(CS)CCCCC2)c1. The minimum Gasteiger partial charge on any atom is -0.497 e. The highest BCUT2D eigenvalue weighted by Crippen LogP contribution is 2.38. The van der Waals surface area contributed by atoms with E-state index in [9.17, 15) is 0 Å². The zero-order valence-corrected chi connectivity index (χ0v) is 13.7. The summed E-state index contributed by atoms with van der Waals surface area (Å²) in [6.45, 7) is 2.13. The van der Waals surface area contributed by atoms with E-state index in [2.05, 4.69) is 42.8 Å². The van der Waals surface area contributed by atoms with Crippen LogP contribution in [0.1, 0.15) is 37.7 Å². The molecule has 3 heteroatoms. The molecule has 1 fully saturated rings. The second-order valence-corrected chi connectivity index (χ2v) is 6.56. The van der Waals surface area contributed by atoms with Crippen LogP contribution in [-0.4, -0.2) is 31.4 Å². The van der Waals surface area contributed by atoms with Crippen LogP contribution in [0.2, 0.25) is 0 Å². The molecule has 0 spiro atoms. The lowest BCUT2D eigenvalue weighted by atomic mass is 9.75. The fourth-order valence-electron chi connectivity index (χ4n) is 3.38. The van der Waals surface area contributed by atoms with E-state index in [1.807, 2.05) is 6.07 Å². The van der Waals surface area contributed by atoms with Crippen LogP contribution < -0.4 is 4.74 Å². The number of benzene rings is 1. The van der Waals surface area contributed by atoms with Crippen molar-refractivity contribution < 1.29 is 4.74 Å².